The predicted molar refractivity (Wildman–Crippen MR) is 93.9 cm³/mol. The standard InChI is InChI=1S/C16H16N4O3S2/c17-8-1-9-18-25(22,23)13-6-4-12(5-7-13)15(21)20-16-19-14(10-24-16)11-2-3-11/h4-7,10-11,18H,1-3,9H2,(H,19,20,21). The van der Waals surface area contributed by atoms with Crippen molar-refractivity contribution < 1.29 is 13.2 Å². The summed E-state index contributed by atoms with van der Waals surface area (Å²) in [6.45, 7) is 0.0500. The normalized spacial score (nSPS) is 14.0. The van der Waals surface area contributed by atoms with E-state index in [4.69, 9.17) is 5.26 Å². The second-order valence-electron chi connectivity index (χ2n) is 5.64. The molecule has 7 nitrogen and oxygen atoms in total. The zero-order valence-electron chi connectivity index (χ0n) is 13.2. The molecule has 1 saturated carbocycles. The van der Waals surface area contributed by atoms with Crippen molar-refractivity contribution in [2.45, 2.75) is 30.1 Å². The first-order chi connectivity index (χ1) is 12.0. The summed E-state index contributed by atoms with van der Waals surface area (Å²) in [7, 11) is -3.68. The highest BCUT2D eigenvalue weighted by atomic mass is 32.2. The highest BCUT2D eigenvalue weighted by Crippen LogP contribution is 2.40. The van der Waals surface area contributed by atoms with Crippen LogP contribution in [-0.4, -0.2) is 25.9 Å². The molecule has 1 heterocycles. The number of carbonyl (C=O) groups is 1. The molecule has 0 bridgehead atoms. The van der Waals surface area contributed by atoms with Crippen molar-refractivity contribution in [3.63, 3.8) is 0 Å². The van der Waals surface area contributed by atoms with Crippen LogP contribution in [0.1, 0.15) is 41.2 Å². The number of rotatable bonds is 7. The van der Waals surface area contributed by atoms with Gasteiger partial charge in [0, 0.05) is 29.8 Å². The first-order valence-corrected chi connectivity index (χ1v) is 10.1. The van der Waals surface area contributed by atoms with E-state index in [1.807, 2.05) is 11.4 Å². The van der Waals surface area contributed by atoms with Gasteiger partial charge in [0.2, 0.25) is 10.0 Å². The molecule has 1 fully saturated rings. The Hall–Kier alpha value is -2.28. The number of hydrogen-bond acceptors (Lipinski definition) is 6. The first kappa shape index (κ1) is 17.5. The molecule has 0 unspecified atom stereocenters. The average molecular weight is 376 g/mol. The fraction of sp³-hybridized carbons (Fsp3) is 0.312. The lowest BCUT2D eigenvalue weighted by Crippen LogP contribution is -2.24. The van der Waals surface area contributed by atoms with E-state index >= 15 is 0 Å². The van der Waals surface area contributed by atoms with Crippen molar-refractivity contribution in [1.82, 2.24) is 9.71 Å². The summed E-state index contributed by atoms with van der Waals surface area (Å²) in [6, 6.07) is 7.49. The fourth-order valence-electron chi connectivity index (χ4n) is 2.19. The van der Waals surface area contributed by atoms with Crippen molar-refractivity contribution in [1.29, 1.82) is 5.26 Å². The number of nitriles is 1. The summed E-state index contributed by atoms with van der Waals surface area (Å²) in [5.74, 6) is 0.193. The Bertz CT molecular complexity index is 910. The van der Waals surface area contributed by atoms with Gasteiger partial charge in [-0.15, -0.1) is 11.3 Å². The molecule has 2 N–H and O–H groups in total. The van der Waals surface area contributed by atoms with Crippen molar-refractivity contribution in [3.05, 3.63) is 40.9 Å². The van der Waals surface area contributed by atoms with Crippen molar-refractivity contribution in [2.75, 3.05) is 11.9 Å². The summed E-state index contributed by atoms with van der Waals surface area (Å²) < 4.78 is 26.4. The monoisotopic (exact) mass is 376 g/mol. The summed E-state index contributed by atoms with van der Waals surface area (Å²) >= 11 is 1.38. The summed E-state index contributed by atoms with van der Waals surface area (Å²) in [5.41, 5.74) is 1.37. The Balaban J connectivity index is 1.64. The van der Waals surface area contributed by atoms with Crippen LogP contribution in [0.25, 0.3) is 0 Å². The number of nitrogens with one attached hydrogen (secondary N) is 2. The van der Waals surface area contributed by atoms with Crippen LogP contribution in [0.3, 0.4) is 0 Å². The van der Waals surface area contributed by atoms with E-state index in [1.165, 1.54) is 35.6 Å². The SMILES string of the molecule is N#CCCNS(=O)(=O)c1ccc(C(=O)Nc2nc(C3CC3)cs2)cc1. The molecule has 0 aliphatic heterocycles. The number of aromatic nitrogens is 1. The van der Waals surface area contributed by atoms with Gasteiger partial charge in [0.05, 0.1) is 16.7 Å². The van der Waals surface area contributed by atoms with E-state index in [9.17, 15) is 13.2 Å². The summed E-state index contributed by atoms with van der Waals surface area (Å²) in [4.78, 5) is 16.7. The highest BCUT2D eigenvalue weighted by molar-refractivity contribution is 7.89. The molecule has 0 atom stereocenters. The van der Waals surface area contributed by atoms with Gasteiger partial charge in [0.15, 0.2) is 5.13 Å². The third-order valence-corrected chi connectivity index (χ3v) is 5.95. The average Bonchev–Trinajstić information content (AvgIpc) is 3.35. The molecule has 9 heteroatoms. The maximum Gasteiger partial charge on any atom is 0.257 e. The van der Waals surface area contributed by atoms with Crippen LogP contribution in [0.5, 0.6) is 0 Å². The predicted octanol–water partition coefficient (Wildman–Crippen LogP) is 2.46. The Morgan fingerprint density at radius 1 is 1.32 bits per heavy atom. The largest absolute Gasteiger partial charge is 0.298 e. The first-order valence-electron chi connectivity index (χ1n) is 7.73. The minimum atomic E-state index is -3.68. The smallest absolute Gasteiger partial charge is 0.257 e. The number of benzene rings is 1. The Morgan fingerprint density at radius 3 is 2.68 bits per heavy atom. The van der Waals surface area contributed by atoms with Crippen molar-refractivity contribution >= 4 is 32.4 Å². The minimum Gasteiger partial charge on any atom is -0.298 e. The molecule has 2 aromatic rings. The second-order valence-corrected chi connectivity index (χ2v) is 8.26. The number of sulfonamides is 1. The van der Waals surface area contributed by atoms with Gasteiger partial charge in [-0.25, -0.2) is 18.1 Å². The molecule has 130 valence electrons. The zero-order valence-corrected chi connectivity index (χ0v) is 14.9. The maximum atomic E-state index is 12.2. The maximum absolute atomic E-state index is 12.2. The molecular formula is C16H16N4O3S2. The lowest BCUT2D eigenvalue weighted by molar-refractivity contribution is 0.102. The zero-order chi connectivity index (χ0) is 17.9. The lowest BCUT2D eigenvalue weighted by Gasteiger charge is -2.06. The number of anilines is 1. The quantitative estimate of drug-likeness (QED) is 0.721. The lowest BCUT2D eigenvalue weighted by atomic mass is 10.2. The van der Waals surface area contributed by atoms with E-state index in [2.05, 4.69) is 15.0 Å². The molecule has 1 aliphatic carbocycles. The van der Waals surface area contributed by atoms with E-state index in [0.717, 1.165) is 18.5 Å². The van der Waals surface area contributed by atoms with Crippen LogP contribution in [0.15, 0.2) is 34.5 Å². The third kappa shape index (κ3) is 4.42. The van der Waals surface area contributed by atoms with Crippen LogP contribution in [0.2, 0.25) is 0 Å². The molecule has 1 aromatic carbocycles. The van der Waals surface area contributed by atoms with Crippen LogP contribution >= 0.6 is 11.3 Å². The van der Waals surface area contributed by atoms with Gasteiger partial charge in [-0.3, -0.25) is 10.1 Å². The number of nitrogens with zero attached hydrogens (tertiary/aromatic N) is 2. The van der Waals surface area contributed by atoms with Crippen molar-refractivity contribution in [3.8, 4) is 6.07 Å². The summed E-state index contributed by atoms with van der Waals surface area (Å²) in [6.07, 6.45) is 2.39. The molecule has 0 spiro atoms. The minimum absolute atomic E-state index is 0.0484. The Morgan fingerprint density at radius 2 is 2.04 bits per heavy atom. The highest BCUT2D eigenvalue weighted by Gasteiger charge is 2.26. The number of thiazole rings is 1. The fourth-order valence-corrected chi connectivity index (χ4v) is 4.01. The van der Waals surface area contributed by atoms with Gasteiger partial charge in [0.25, 0.3) is 5.91 Å². The van der Waals surface area contributed by atoms with E-state index in [1.54, 1.807) is 0 Å². The topological polar surface area (TPSA) is 112 Å². The molecule has 25 heavy (non-hydrogen) atoms. The molecule has 0 saturated heterocycles. The number of hydrogen-bond donors (Lipinski definition) is 2. The van der Waals surface area contributed by atoms with Crippen LogP contribution < -0.4 is 10.0 Å². The van der Waals surface area contributed by atoms with Crippen LogP contribution in [-0.2, 0) is 10.0 Å². The number of amides is 1. The molecular weight excluding hydrogens is 360 g/mol. The summed E-state index contributed by atoms with van der Waals surface area (Å²) in [5, 5.41) is 13.7. The Kier molecular flexibility index (Phi) is 5.13. The van der Waals surface area contributed by atoms with Gasteiger partial charge < -0.3 is 0 Å². The van der Waals surface area contributed by atoms with Gasteiger partial charge >= 0.3 is 0 Å². The molecule has 0 radical (unpaired) electrons. The Labute approximate surface area is 149 Å². The molecule has 1 amide bonds. The van der Waals surface area contributed by atoms with E-state index in [-0.39, 0.29) is 23.8 Å². The van der Waals surface area contributed by atoms with E-state index < -0.39 is 10.0 Å². The van der Waals surface area contributed by atoms with Gasteiger partial charge in [-0.05, 0) is 37.1 Å². The molecule has 3 rings (SSSR count). The molecule has 1 aliphatic rings. The van der Waals surface area contributed by atoms with E-state index in [0.29, 0.717) is 16.6 Å². The van der Waals surface area contributed by atoms with Gasteiger partial charge in [0.1, 0.15) is 0 Å². The third-order valence-electron chi connectivity index (χ3n) is 3.69. The van der Waals surface area contributed by atoms with Crippen LogP contribution in [0, 0.1) is 11.3 Å². The molecule has 1 aromatic heterocycles. The second kappa shape index (κ2) is 7.31. The number of carbonyl (C=O) groups excluding carboxylic acids is 1. The van der Waals surface area contributed by atoms with Gasteiger partial charge in [-0.2, -0.15) is 5.26 Å². The van der Waals surface area contributed by atoms with Crippen molar-refractivity contribution in [2.24, 2.45) is 0 Å². The van der Waals surface area contributed by atoms with Crippen LogP contribution in [0.4, 0.5) is 5.13 Å². The van der Waals surface area contributed by atoms with Gasteiger partial charge in [-0.1, -0.05) is 0 Å².